The summed E-state index contributed by atoms with van der Waals surface area (Å²) in [6.45, 7) is 3.67. The van der Waals surface area contributed by atoms with Crippen molar-refractivity contribution < 1.29 is 24.2 Å². The van der Waals surface area contributed by atoms with Gasteiger partial charge in [0, 0.05) is 10.9 Å². The third-order valence-corrected chi connectivity index (χ3v) is 20.0. The largest absolute Gasteiger partial charge is 0.507 e. The topological polar surface area (TPSA) is 72.8 Å². The number of phenols is 1. The van der Waals surface area contributed by atoms with Gasteiger partial charge in [-0.3, -0.25) is 4.79 Å². The molecule has 8 heteroatoms. The fourth-order valence-corrected chi connectivity index (χ4v) is 16.8. The number of aromatic hydroxyl groups is 1. The van der Waals surface area contributed by atoms with Crippen LogP contribution in [0.15, 0.2) is 140 Å². The van der Waals surface area contributed by atoms with Crippen molar-refractivity contribution >= 4 is 102 Å². The molecule has 6 aromatic carbocycles. The minimum atomic E-state index is -3.29. The molecule has 6 rings (SSSR count). The second-order valence-electron chi connectivity index (χ2n) is 11.2. The molecule has 0 bridgehead atoms. The molecule has 0 aliphatic carbocycles. The molecule has 0 aliphatic heterocycles. The number of carbonyl (C=O) groups is 2. The van der Waals surface area contributed by atoms with Crippen molar-refractivity contribution in [2.75, 3.05) is 13.2 Å². The molecule has 242 valence electrons. The molecule has 1 N–H and O–H groups in total. The first-order valence-corrected chi connectivity index (χ1v) is 19.6. The summed E-state index contributed by atoms with van der Waals surface area (Å²) < 4.78 is 8.55. The fourth-order valence-electron chi connectivity index (χ4n) is 6.78. The van der Waals surface area contributed by atoms with Gasteiger partial charge in [-0.15, -0.1) is 0 Å². The summed E-state index contributed by atoms with van der Waals surface area (Å²) in [5, 5.41) is 18.0. The second kappa shape index (κ2) is 14.1. The van der Waals surface area contributed by atoms with Crippen LogP contribution in [0.3, 0.4) is 0 Å². The zero-order valence-electron chi connectivity index (χ0n) is 26.5. The third kappa shape index (κ3) is 5.20. The lowest BCUT2D eigenvalue weighted by Crippen LogP contribution is -2.61. The monoisotopic (exact) mass is 879 g/mol. The van der Waals surface area contributed by atoms with Gasteiger partial charge in [-0.05, 0) is 89.0 Å². The Hall–Kier alpha value is -3.53. The quantitative estimate of drug-likeness (QED) is 0.0491. The van der Waals surface area contributed by atoms with Gasteiger partial charge < -0.3 is 14.6 Å². The molecule has 0 aliphatic rings. The van der Waals surface area contributed by atoms with Gasteiger partial charge in [0.15, 0.2) is 0 Å². The van der Waals surface area contributed by atoms with E-state index in [0.717, 1.165) is 26.7 Å². The second-order valence-corrected chi connectivity index (χ2v) is 18.9. The SMILES string of the molecule is CCOC(=O)C(I)(c1c(O)c2ccccc2c2ccccc12)C(I)(C(=O)OCC)[P+](c1ccccc1)(c1ccccc1)c1ccccc1. The number of benzene rings is 6. The number of carbonyl (C=O) groups excluding carboxylic acids is 2. The van der Waals surface area contributed by atoms with Crippen LogP contribution in [-0.4, -0.2) is 33.4 Å². The van der Waals surface area contributed by atoms with Crippen molar-refractivity contribution in [2.24, 2.45) is 0 Å². The average Bonchev–Trinajstić information content (AvgIpc) is 3.13. The first-order chi connectivity index (χ1) is 23.3. The summed E-state index contributed by atoms with van der Waals surface area (Å²) in [5.41, 5.74) is 0.311. The molecule has 0 saturated heterocycles. The summed E-state index contributed by atoms with van der Waals surface area (Å²) in [6.07, 6.45) is 0. The molecule has 5 nitrogen and oxygen atoms in total. The maximum atomic E-state index is 15.4. The molecule has 48 heavy (non-hydrogen) atoms. The number of rotatable bonds is 10. The van der Waals surface area contributed by atoms with E-state index in [0.29, 0.717) is 16.3 Å². The average molecular weight is 879 g/mol. The standard InChI is InChI=1S/C40H33I2O5P/c1-3-46-37(44)39(41,35-33-26-16-14-24-31(33)32-25-15-17-27-34(32)36(35)43)40(42,38(45)47-4-2)48(28-18-8-5-9-19-28,29-20-10-6-11-21-29)30-22-12-7-13-23-30/h5-27H,3-4H2,1-2H3/p+1. The van der Waals surface area contributed by atoms with E-state index in [1.165, 1.54) is 0 Å². The van der Waals surface area contributed by atoms with Crippen LogP contribution in [0.2, 0.25) is 0 Å². The molecule has 0 aromatic heterocycles. The van der Waals surface area contributed by atoms with Gasteiger partial charge in [-0.25, -0.2) is 4.79 Å². The minimum absolute atomic E-state index is 0.0683. The predicted molar refractivity (Wildman–Crippen MR) is 214 cm³/mol. The van der Waals surface area contributed by atoms with Gasteiger partial charge >= 0.3 is 11.9 Å². The van der Waals surface area contributed by atoms with E-state index in [1.807, 2.05) is 140 Å². The molecule has 0 amide bonds. The zero-order valence-corrected chi connectivity index (χ0v) is 31.7. The number of esters is 2. The van der Waals surface area contributed by atoms with Crippen LogP contribution >= 0.6 is 52.4 Å². The molecular weight excluding hydrogens is 845 g/mol. The molecule has 2 unspecified atom stereocenters. The number of phenolic OH excluding ortho intramolecular Hbond substituents is 1. The van der Waals surface area contributed by atoms with Crippen molar-refractivity contribution in [3.63, 3.8) is 0 Å². The van der Waals surface area contributed by atoms with Crippen LogP contribution < -0.4 is 15.9 Å². The van der Waals surface area contributed by atoms with E-state index in [-0.39, 0.29) is 19.0 Å². The Kier molecular flexibility index (Phi) is 10.1. The summed E-state index contributed by atoms with van der Waals surface area (Å²) >= 11 is 4.34. The number of hydrogen-bond donors (Lipinski definition) is 1. The molecule has 0 radical (unpaired) electrons. The highest BCUT2D eigenvalue weighted by Crippen LogP contribution is 2.77. The molecular formula is C40H34I2O5P+. The van der Waals surface area contributed by atoms with Gasteiger partial charge in [0.1, 0.15) is 28.9 Å². The lowest BCUT2D eigenvalue weighted by Gasteiger charge is -2.46. The van der Waals surface area contributed by atoms with E-state index < -0.39 is 25.8 Å². The molecule has 2 atom stereocenters. The van der Waals surface area contributed by atoms with E-state index in [1.54, 1.807) is 13.8 Å². The van der Waals surface area contributed by atoms with Crippen molar-refractivity contribution in [1.29, 1.82) is 0 Å². The minimum Gasteiger partial charge on any atom is -0.507 e. The van der Waals surface area contributed by atoms with E-state index >= 15 is 9.59 Å². The number of fused-ring (bicyclic) bond motifs is 3. The first kappa shape index (κ1) is 34.3. The van der Waals surface area contributed by atoms with Crippen molar-refractivity contribution in [3.05, 3.63) is 145 Å². The van der Waals surface area contributed by atoms with Crippen LogP contribution in [-0.2, 0) is 22.5 Å². The Labute approximate surface area is 308 Å². The normalized spacial score (nSPS) is 14.2. The number of alkyl halides is 2. The van der Waals surface area contributed by atoms with Crippen LogP contribution in [0, 0.1) is 0 Å². The Morgan fingerprint density at radius 3 is 1.35 bits per heavy atom. The van der Waals surface area contributed by atoms with Gasteiger partial charge in [-0.2, -0.15) is 0 Å². The Balaban J connectivity index is 1.92. The maximum Gasteiger partial charge on any atom is 0.364 e. The fraction of sp³-hybridized carbons (Fsp3) is 0.150. The molecule has 6 aromatic rings. The van der Waals surface area contributed by atoms with Crippen LogP contribution in [0.1, 0.15) is 19.4 Å². The lowest BCUT2D eigenvalue weighted by molar-refractivity contribution is -0.152. The summed E-state index contributed by atoms with van der Waals surface area (Å²) in [7, 11) is -3.29. The highest BCUT2D eigenvalue weighted by atomic mass is 127. The molecule has 0 fully saturated rings. The lowest BCUT2D eigenvalue weighted by atomic mass is 9.86. The van der Waals surface area contributed by atoms with E-state index in [2.05, 4.69) is 45.2 Å². The molecule has 0 spiro atoms. The summed E-state index contributed by atoms with van der Waals surface area (Å²) in [4.78, 5) is 30.5. The number of ether oxygens (including phenoxy) is 2. The van der Waals surface area contributed by atoms with Gasteiger partial charge in [-0.1, -0.05) is 126 Å². The van der Waals surface area contributed by atoms with E-state index in [4.69, 9.17) is 9.47 Å². The van der Waals surface area contributed by atoms with Crippen LogP contribution in [0.4, 0.5) is 0 Å². The van der Waals surface area contributed by atoms with Crippen molar-refractivity contribution in [3.8, 4) is 5.75 Å². The Bertz CT molecular complexity index is 2000. The van der Waals surface area contributed by atoms with Crippen molar-refractivity contribution in [1.82, 2.24) is 0 Å². The summed E-state index contributed by atoms with van der Waals surface area (Å²) in [6, 6.07) is 45.0. The smallest absolute Gasteiger partial charge is 0.364 e. The van der Waals surface area contributed by atoms with Gasteiger partial charge in [0.05, 0.1) is 13.2 Å². The first-order valence-electron chi connectivity index (χ1n) is 15.7. The van der Waals surface area contributed by atoms with E-state index in [9.17, 15) is 5.11 Å². The third-order valence-electron chi connectivity index (χ3n) is 8.70. The Morgan fingerprint density at radius 2 is 0.917 bits per heavy atom. The zero-order chi connectivity index (χ0) is 33.9. The van der Waals surface area contributed by atoms with Gasteiger partial charge in [0.25, 0.3) is 3.16 Å². The highest BCUT2D eigenvalue weighted by Gasteiger charge is 2.79. The summed E-state index contributed by atoms with van der Waals surface area (Å²) in [5.74, 6) is -1.30. The molecule has 0 saturated carbocycles. The Morgan fingerprint density at radius 1 is 0.562 bits per heavy atom. The molecule has 0 heterocycles. The number of halogens is 2. The predicted octanol–water partition coefficient (Wildman–Crippen LogP) is 8.58. The van der Waals surface area contributed by atoms with Crippen LogP contribution in [0.5, 0.6) is 5.75 Å². The van der Waals surface area contributed by atoms with Crippen LogP contribution in [0.25, 0.3) is 21.5 Å². The maximum absolute atomic E-state index is 15.4. The van der Waals surface area contributed by atoms with Crippen molar-refractivity contribution in [2.45, 2.75) is 20.4 Å². The van der Waals surface area contributed by atoms with Gasteiger partial charge in [0.2, 0.25) is 3.42 Å². The highest BCUT2D eigenvalue weighted by molar-refractivity contribution is 14.1. The number of hydrogen-bond acceptors (Lipinski definition) is 5.